The number of carbonyl (C=O) groups excluding carboxylic acids is 3. The van der Waals surface area contributed by atoms with Crippen LogP contribution in [0.1, 0.15) is 37.8 Å². The minimum absolute atomic E-state index is 0.00503. The van der Waals surface area contributed by atoms with E-state index < -0.39 is 47.9 Å². The molecule has 0 N–H and O–H groups in total. The molecule has 2 rings (SSSR count). The van der Waals surface area contributed by atoms with Crippen molar-refractivity contribution in [2.24, 2.45) is 5.92 Å². The molecule has 0 saturated carbocycles. The average molecular weight is 387 g/mol. The number of rotatable bonds is 5. The van der Waals surface area contributed by atoms with Gasteiger partial charge in [0.2, 0.25) is 0 Å². The molecule has 1 aliphatic rings. The van der Waals surface area contributed by atoms with Gasteiger partial charge in [0.05, 0.1) is 19.8 Å². The second kappa shape index (κ2) is 8.88. The summed E-state index contributed by atoms with van der Waals surface area (Å²) >= 11 is 0. The fraction of sp³-hybridized carbons (Fsp3) is 0.500. The Labute approximate surface area is 154 Å². The molecule has 2 atom stereocenters. The van der Waals surface area contributed by atoms with Crippen LogP contribution in [0.25, 0.3) is 0 Å². The molecule has 1 saturated heterocycles. The monoisotopic (exact) mass is 387 g/mol. The first kappa shape index (κ1) is 20.7. The molecule has 0 aromatic heterocycles. The van der Waals surface area contributed by atoms with Gasteiger partial charge in [0.25, 0.3) is 0 Å². The van der Waals surface area contributed by atoms with Crippen molar-refractivity contribution in [2.45, 2.75) is 32.2 Å². The number of ether oxygens (including phenoxy) is 2. The Bertz CT molecular complexity index is 717. The van der Waals surface area contributed by atoms with Gasteiger partial charge in [-0.05, 0) is 37.5 Å². The fourth-order valence-electron chi connectivity index (χ4n) is 3.18. The molecule has 1 amide bonds. The molecule has 1 fully saturated rings. The van der Waals surface area contributed by atoms with Gasteiger partial charge in [-0.2, -0.15) is 0 Å². The maximum atomic E-state index is 13.6. The van der Waals surface area contributed by atoms with Crippen molar-refractivity contribution >= 4 is 17.8 Å². The number of methoxy groups -OCH3 is 1. The van der Waals surface area contributed by atoms with Crippen LogP contribution in [0.5, 0.6) is 0 Å². The molecular weight excluding hydrogens is 367 g/mol. The van der Waals surface area contributed by atoms with Crippen LogP contribution < -0.4 is 0 Å². The van der Waals surface area contributed by atoms with E-state index in [-0.39, 0.29) is 37.3 Å². The zero-order valence-corrected chi connectivity index (χ0v) is 15.0. The molecular formula is C18H20F3NO5. The van der Waals surface area contributed by atoms with Crippen LogP contribution in [0.4, 0.5) is 18.0 Å². The lowest BCUT2D eigenvalue weighted by atomic mass is 9.84. The van der Waals surface area contributed by atoms with E-state index in [1.165, 1.54) is 4.90 Å². The normalized spacial score (nSPS) is 19.5. The summed E-state index contributed by atoms with van der Waals surface area (Å²) in [6, 6.07) is 0.681. The predicted molar refractivity (Wildman–Crippen MR) is 87.1 cm³/mol. The van der Waals surface area contributed by atoms with Gasteiger partial charge in [0, 0.05) is 12.5 Å². The maximum absolute atomic E-state index is 13.6. The number of Topliss-reactive ketones (excluding diaryl/α,β-unsaturated/α-hetero) is 1. The number of ketones is 1. The highest BCUT2D eigenvalue weighted by atomic mass is 19.2. The smallest absolute Gasteiger partial charge is 0.409 e. The third-order valence-corrected chi connectivity index (χ3v) is 4.48. The first-order chi connectivity index (χ1) is 12.8. The Kier molecular flexibility index (Phi) is 6.81. The lowest BCUT2D eigenvalue weighted by molar-refractivity contribution is -0.146. The highest BCUT2D eigenvalue weighted by molar-refractivity contribution is 5.97. The molecule has 1 heterocycles. The third kappa shape index (κ3) is 4.78. The predicted octanol–water partition coefficient (Wildman–Crippen LogP) is 3.15. The molecule has 6 nitrogen and oxygen atoms in total. The van der Waals surface area contributed by atoms with Gasteiger partial charge >= 0.3 is 12.1 Å². The highest BCUT2D eigenvalue weighted by Gasteiger charge is 2.37. The Hall–Kier alpha value is -2.58. The molecule has 9 heteroatoms. The highest BCUT2D eigenvalue weighted by Crippen LogP contribution is 2.36. The van der Waals surface area contributed by atoms with Crippen molar-refractivity contribution in [3.8, 4) is 0 Å². The van der Waals surface area contributed by atoms with Gasteiger partial charge < -0.3 is 14.4 Å². The molecule has 0 spiro atoms. The van der Waals surface area contributed by atoms with E-state index in [0.717, 1.165) is 19.2 Å². The molecule has 0 radical (unpaired) electrons. The van der Waals surface area contributed by atoms with E-state index in [9.17, 15) is 27.6 Å². The second-order valence-electron chi connectivity index (χ2n) is 6.15. The summed E-state index contributed by atoms with van der Waals surface area (Å²) in [4.78, 5) is 37.1. The van der Waals surface area contributed by atoms with Crippen LogP contribution >= 0.6 is 0 Å². The Morgan fingerprint density at radius 1 is 1.19 bits per heavy atom. The molecule has 1 aromatic carbocycles. The van der Waals surface area contributed by atoms with E-state index in [1.54, 1.807) is 6.92 Å². The van der Waals surface area contributed by atoms with E-state index in [2.05, 4.69) is 4.74 Å². The number of hydrogen-bond acceptors (Lipinski definition) is 5. The summed E-state index contributed by atoms with van der Waals surface area (Å²) in [5.74, 6) is -6.06. The topological polar surface area (TPSA) is 72.9 Å². The van der Waals surface area contributed by atoms with Crippen LogP contribution in [0.15, 0.2) is 12.1 Å². The van der Waals surface area contributed by atoms with Crippen molar-refractivity contribution in [2.75, 3.05) is 20.3 Å². The number of likely N-dealkylation sites (tertiary alicyclic amines) is 1. The van der Waals surface area contributed by atoms with Crippen molar-refractivity contribution in [3.63, 3.8) is 0 Å². The number of hydrogen-bond donors (Lipinski definition) is 0. The first-order valence-corrected chi connectivity index (χ1v) is 8.45. The largest absolute Gasteiger partial charge is 0.466 e. The lowest BCUT2D eigenvalue weighted by Gasteiger charge is -2.38. The van der Waals surface area contributed by atoms with Crippen LogP contribution in [0.3, 0.4) is 0 Å². The summed E-state index contributed by atoms with van der Waals surface area (Å²) < 4.78 is 50.0. The third-order valence-electron chi connectivity index (χ3n) is 4.48. The standard InChI is InChI=1S/C18H20F3NO5/c1-3-27-16(24)9-15(23)10-4-5-22(18(25)26-2)14(8-10)11-6-12(19)17(21)13(20)7-11/h6-7,10,14H,3-5,8-9H2,1-2H3/t10-,14+/m0/s1. The second-order valence-corrected chi connectivity index (χ2v) is 6.15. The number of piperidine rings is 1. The van der Waals surface area contributed by atoms with Crippen LogP contribution in [-0.2, 0) is 19.1 Å². The maximum Gasteiger partial charge on any atom is 0.409 e. The van der Waals surface area contributed by atoms with Crippen molar-refractivity contribution in [3.05, 3.63) is 35.1 Å². The summed E-state index contributed by atoms with van der Waals surface area (Å²) in [5, 5.41) is 0. The number of esters is 1. The molecule has 27 heavy (non-hydrogen) atoms. The number of benzene rings is 1. The number of carbonyl (C=O) groups is 3. The lowest BCUT2D eigenvalue weighted by Crippen LogP contribution is -2.43. The van der Waals surface area contributed by atoms with Crippen molar-refractivity contribution in [1.29, 1.82) is 0 Å². The van der Waals surface area contributed by atoms with Gasteiger partial charge in [0.15, 0.2) is 17.5 Å². The van der Waals surface area contributed by atoms with Crippen molar-refractivity contribution in [1.82, 2.24) is 4.90 Å². The molecule has 148 valence electrons. The van der Waals surface area contributed by atoms with E-state index >= 15 is 0 Å². The summed E-state index contributed by atoms with van der Waals surface area (Å²) in [6.45, 7) is 1.84. The molecule has 0 unspecified atom stereocenters. The zero-order valence-electron chi connectivity index (χ0n) is 15.0. The van der Waals surface area contributed by atoms with E-state index in [4.69, 9.17) is 4.74 Å². The molecule has 0 aliphatic carbocycles. The van der Waals surface area contributed by atoms with Gasteiger partial charge in [-0.3, -0.25) is 9.59 Å². The molecule has 1 aliphatic heterocycles. The van der Waals surface area contributed by atoms with Crippen LogP contribution in [0.2, 0.25) is 0 Å². The number of nitrogens with zero attached hydrogens (tertiary/aromatic N) is 1. The molecule has 0 bridgehead atoms. The Morgan fingerprint density at radius 2 is 1.81 bits per heavy atom. The zero-order chi connectivity index (χ0) is 20.1. The molecule has 1 aromatic rings. The summed E-state index contributed by atoms with van der Waals surface area (Å²) in [7, 11) is 1.16. The minimum atomic E-state index is -1.62. The number of amides is 1. The van der Waals surface area contributed by atoms with Crippen LogP contribution in [0, 0.1) is 23.4 Å². The van der Waals surface area contributed by atoms with E-state index in [0.29, 0.717) is 0 Å². The van der Waals surface area contributed by atoms with E-state index in [1.807, 2.05) is 0 Å². The summed E-state index contributed by atoms with van der Waals surface area (Å²) in [6.07, 6.45) is -0.870. The SMILES string of the molecule is CCOC(=O)CC(=O)[C@H]1CCN(C(=O)OC)[C@@H](c2cc(F)c(F)c(F)c2)C1. The van der Waals surface area contributed by atoms with Crippen molar-refractivity contribution < 1.29 is 37.0 Å². The Balaban J connectivity index is 2.27. The van der Waals surface area contributed by atoms with Gasteiger partial charge in [0.1, 0.15) is 12.2 Å². The summed E-state index contributed by atoms with van der Waals surface area (Å²) in [5.41, 5.74) is 0.00503. The van der Waals surface area contributed by atoms with Gasteiger partial charge in [-0.25, -0.2) is 18.0 Å². The Morgan fingerprint density at radius 3 is 2.37 bits per heavy atom. The fourth-order valence-corrected chi connectivity index (χ4v) is 3.18. The quantitative estimate of drug-likeness (QED) is 0.441. The number of halogens is 3. The van der Waals surface area contributed by atoms with Gasteiger partial charge in [-0.15, -0.1) is 0 Å². The minimum Gasteiger partial charge on any atom is -0.466 e. The van der Waals surface area contributed by atoms with Gasteiger partial charge in [-0.1, -0.05) is 0 Å². The first-order valence-electron chi connectivity index (χ1n) is 8.45. The average Bonchev–Trinajstić information content (AvgIpc) is 2.64. The van der Waals surface area contributed by atoms with Crippen LogP contribution in [-0.4, -0.2) is 43.0 Å².